The molecule has 20 heavy (non-hydrogen) atoms. The van der Waals surface area contributed by atoms with Gasteiger partial charge in [0.05, 0.1) is 6.61 Å². The van der Waals surface area contributed by atoms with Crippen molar-refractivity contribution in [2.45, 2.75) is 19.3 Å². The molecule has 1 aromatic carbocycles. The van der Waals surface area contributed by atoms with E-state index in [1.54, 1.807) is 25.1 Å². The summed E-state index contributed by atoms with van der Waals surface area (Å²) in [5.74, 6) is -1.82. The number of carbonyl (C=O) groups is 2. The van der Waals surface area contributed by atoms with Crippen LogP contribution < -0.4 is 5.32 Å². The van der Waals surface area contributed by atoms with Gasteiger partial charge in [0.25, 0.3) is 0 Å². The van der Waals surface area contributed by atoms with Crippen molar-refractivity contribution >= 4 is 11.9 Å². The van der Waals surface area contributed by atoms with Crippen LogP contribution in [-0.4, -0.2) is 36.7 Å². The lowest BCUT2D eigenvalue weighted by atomic mass is 9.97. The van der Waals surface area contributed by atoms with Crippen LogP contribution in [0.2, 0.25) is 0 Å². The van der Waals surface area contributed by atoms with Crippen molar-refractivity contribution in [2.24, 2.45) is 0 Å². The maximum absolute atomic E-state index is 13.5. The Bertz CT molecular complexity index is 464. The fraction of sp³-hybridized carbons (Fsp3) is 0.429. The molecule has 0 aliphatic rings. The van der Waals surface area contributed by atoms with Crippen molar-refractivity contribution < 1.29 is 23.8 Å². The number of rotatable bonds is 8. The average molecular weight is 283 g/mol. The maximum atomic E-state index is 13.5. The number of carbonyl (C=O) groups excluding carboxylic acids is 1. The van der Waals surface area contributed by atoms with Crippen molar-refractivity contribution in [3.8, 4) is 0 Å². The van der Waals surface area contributed by atoms with Gasteiger partial charge in [-0.2, -0.15) is 0 Å². The molecule has 0 saturated carbocycles. The van der Waals surface area contributed by atoms with E-state index in [0.717, 1.165) is 0 Å². The van der Waals surface area contributed by atoms with Crippen LogP contribution in [0.5, 0.6) is 0 Å². The van der Waals surface area contributed by atoms with E-state index in [9.17, 15) is 14.0 Å². The second-order valence-corrected chi connectivity index (χ2v) is 4.42. The molecule has 0 spiro atoms. The van der Waals surface area contributed by atoms with E-state index >= 15 is 0 Å². The lowest BCUT2D eigenvalue weighted by molar-refractivity contribution is -0.142. The van der Waals surface area contributed by atoms with E-state index in [4.69, 9.17) is 9.84 Å². The smallest absolute Gasteiger partial charge is 0.329 e. The standard InChI is InChI=1S/C14H18FNO4/c1-10(11-4-2-3-5-12(11)15)8-13(17)16-6-7-20-9-14(18)19/h2-5,10H,6-9H2,1H3,(H,16,17)(H,18,19). The molecule has 0 fully saturated rings. The minimum atomic E-state index is -1.05. The highest BCUT2D eigenvalue weighted by molar-refractivity contribution is 5.76. The lowest BCUT2D eigenvalue weighted by Gasteiger charge is -2.12. The Kier molecular flexibility index (Phi) is 6.66. The van der Waals surface area contributed by atoms with Crippen LogP contribution in [0.3, 0.4) is 0 Å². The molecule has 1 atom stereocenters. The monoisotopic (exact) mass is 283 g/mol. The third-order valence-corrected chi connectivity index (χ3v) is 2.72. The summed E-state index contributed by atoms with van der Waals surface area (Å²) >= 11 is 0. The molecule has 2 N–H and O–H groups in total. The highest BCUT2D eigenvalue weighted by Crippen LogP contribution is 2.21. The molecule has 5 nitrogen and oxygen atoms in total. The van der Waals surface area contributed by atoms with Gasteiger partial charge < -0.3 is 15.2 Å². The van der Waals surface area contributed by atoms with E-state index in [-0.39, 0.29) is 43.8 Å². The Balaban J connectivity index is 2.28. The number of carboxylic acid groups (broad SMARTS) is 1. The van der Waals surface area contributed by atoms with Gasteiger partial charge in [-0.1, -0.05) is 25.1 Å². The normalized spacial score (nSPS) is 11.9. The van der Waals surface area contributed by atoms with Crippen molar-refractivity contribution in [3.05, 3.63) is 35.6 Å². The molecule has 110 valence electrons. The fourth-order valence-corrected chi connectivity index (χ4v) is 1.76. The van der Waals surface area contributed by atoms with Crippen molar-refractivity contribution in [2.75, 3.05) is 19.8 Å². The molecule has 1 rings (SSSR count). The number of carboxylic acids is 1. The summed E-state index contributed by atoms with van der Waals surface area (Å²) in [6, 6.07) is 6.35. The molecule has 1 unspecified atom stereocenters. The SMILES string of the molecule is CC(CC(=O)NCCOCC(=O)O)c1ccccc1F. The summed E-state index contributed by atoms with van der Waals surface area (Å²) in [7, 11) is 0. The Morgan fingerprint density at radius 3 is 2.75 bits per heavy atom. The average Bonchev–Trinajstić information content (AvgIpc) is 2.38. The van der Waals surface area contributed by atoms with E-state index in [1.807, 2.05) is 0 Å². The van der Waals surface area contributed by atoms with E-state index in [0.29, 0.717) is 5.56 Å². The van der Waals surface area contributed by atoms with E-state index in [2.05, 4.69) is 5.32 Å². The summed E-state index contributed by atoms with van der Waals surface area (Å²) in [5.41, 5.74) is 0.504. The number of nitrogens with one attached hydrogen (secondary N) is 1. The number of benzene rings is 1. The second kappa shape index (κ2) is 8.27. The van der Waals surface area contributed by atoms with Gasteiger partial charge in [0.1, 0.15) is 12.4 Å². The highest BCUT2D eigenvalue weighted by Gasteiger charge is 2.14. The molecule has 0 heterocycles. The van der Waals surface area contributed by atoms with Gasteiger partial charge in [-0.05, 0) is 17.5 Å². The molecule has 0 bridgehead atoms. The van der Waals surface area contributed by atoms with Gasteiger partial charge >= 0.3 is 5.97 Å². The van der Waals surface area contributed by atoms with Crippen molar-refractivity contribution in [1.82, 2.24) is 5.32 Å². The number of aliphatic carboxylic acids is 1. The van der Waals surface area contributed by atoms with Gasteiger partial charge in [-0.15, -0.1) is 0 Å². The topological polar surface area (TPSA) is 75.6 Å². The molecule has 0 aliphatic carbocycles. The second-order valence-electron chi connectivity index (χ2n) is 4.42. The summed E-state index contributed by atoms with van der Waals surface area (Å²) < 4.78 is 18.3. The Hall–Kier alpha value is -1.95. The Labute approximate surface area is 116 Å². The maximum Gasteiger partial charge on any atom is 0.329 e. The zero-order chi connectivity index (χ0) is 15.0. The van der Waals surface area contributed by atoms with Crippen LogP contribution in [0.4, 0.5) is 4.39 Å². The molecule has 0 radical (unpaired) electrons. The number of amides is 1. The zero-order valence-corrected chi connectivity index (χ0v) is 11.3. The van der Waals surface area contributed by atoms with Gasteiger partial charge in [0.2, 0.25) is 5.91 Å². The van der Waals surface area contributed by atoms with E-state index in [1.165, 1.54) is 6.07 Å². The van der Waals surface area contributed by atoms with Gasteiger partial charge in [0.15, 0.2) is 0 Å². The van der Waals surface area contributed by atoms with Crippen LogP contribution in [0.1, 0.15) is 24.8 Å². The lowest BCUT2D eigenvalue weighted by Crippen LogP contribution is -2.28. The predicted octanol–water partition coefficient (Wildman–Crippen LogP) is 1.54. The van der Waals surface area contributed by atoms with Crippen LogP contribution in [0, 0.1) is 5.82 Å². The third-order valence-electron chi connectivity index (χ3n) is 2.72. The first-order chi connectivity index (χ1) is 9.50. The summed E-state index contributed by atoms with van der Waals surface area (Å²) in [5, 5.41) is 10.9. The van der Waals surface area contributed by atoms with Crippen LogP contribution in [0.25, 0.3) is 0 Å². The molecular weight excluding hydrogens is 265 g/mol. The summed E-state index contributed by atoms with van der Waals surface area (Å²) in [4.78, 5) is 21.8. The molecule has 0 saturated heterocycles. The first kappa shape index (κ1) is 16.1. The number of hydrogen-bond donors (Lipinski definition) is 2. The minimum Gasteiger partial charge on any atom is -0.480 e. The fourth-order valence-electron chi connectivity index (χ4n) is 1.76. The molecule has 0 aliphatic heterocycles. The van der Waals surface area contributed by atoms with E-state index < -0.39 is 5.97 Å². The number of halogens is 1. The van der Waals surface area contributed by atoms with Crippen LogP contribution in [-0.2, 0) is 14.3 Å². The molecule has 1 aromatic rings. The van der Waals surface area contributed by atoms with Crippen molar-refractivity contribution in [1.29, 1.82) is 0 Å². The third kappa shape index (κ3) is 5.79. The van der Waals surface area contributed by atoms with Crippen LogP contribution >= 0.6 is 0 Å². The molecule has 1 amide bonds. The number of ether oxygens (including phenoxy) is 1. The van der Waals surface area contributed by atoms with Gasteiger partial charge in [0, 0.05) is 13.0 Å². The quantitative estimate of drug-likeness (QED) is 0.710. The highest BCUT2D eigenvalue weighted by atomic mass is 19.1. The van der Waals surface area contributed by atoms with Crippen LogP contribution in [0.15, 0.2) is 24.3 Å². The van der Waals surface area contributed by atoms with Gasteiger partial charge in [-0.25, -0.2) is 9.18 Å². The Morgan fingerprint density at radius 1 is 1.40 bits per heavy atom. The van der Waals surface area contributed by atoms with Crippen molar-refractivity contribution in [3.63, 3.8) is 0 Å². The zero-order valence-electron chi connectivity index (χ0n) is 11.3. The number of hydrogen-bond acceptors (Lipinski definition) is 3. The summed E-state index contributed by atoms with van der Waals surface area (Å²) in [6.07, 6.45) is 0.167. The summed E-state index contributed by atoms with van der Waals surface area (Å²) in [6.45, 7) is 1.75. The molecule has 0 aromatic heterocycles. The molecule has 6 heteroatoms. The predicted molar refractivity (Wildman–Crippen MR) is 70.9 cm³/mol. The Morgan fingerprint density at radius 2 is 2.10 bits per heavy atom. The van der Waals surface area contributed by atoms with Gasteiger partial charge in [-0.3, -0.25) is 4.79 Å². The first-order valence-electron chi connectivity index (χ1n) is 6.31. The molecular formula is C14H18FNO4. The largest absolute Gasteiger partial charge is 0.480 e. The minimum absolute atomic E-state index is 0.131. The first-order valence-corrected chi connectivity index (χ1v) is 6.31.